The summed E-state index contributed by atoms with van der Waals surface area (Å²) in [4.78, 5) is 15.2. The van der Waals surface area contributed by atoms with Crippen LogP contribution in [0.1, 0.15) is 0 Å². The third-order valence-corrected chi connectivity index (χ3v) is 8.54. The molecule has 3 heteroatoms. The second-order valence-corrected chi connectivity index (χ2v) is 11.7. The van der Waals surface area contributed by atoms with Gasteiger partial charge in [0.1, 0.15) is 0 Å². The van der Waals surface area contributed by atoms with Gasteiger partial charge in [0.25, 0.3) is 0 Å². The summed E-state index contributed by atoms with van der Waals surface area (Å²) in [7, 11) is 0. The molecule has 0 N–H and O–H groups in total. The van der Waals surface area contributed by atoms with Gasteiger partial charge in [-0.1, -0.05) is 170 Å². The van der Waals surface area contributed by atoms with Crippen LogP contribution in [0.3, 0.4) is 0 Å². The molecular formula is C45H31N3. The minimum atomic E-state index is 0.633. The van der Waals surface area contributed by atoms with E-state index >= 15 is 0 Å². The minimum absolute atomic E-state index is 0.633. The average molecular weight is 614 g/mol. The van der Waals surface area contributed by atoms with Gasteiger partial charge >= 0.3 is 0 Å². The van der Waals surface area contributed by atoms with Crippen molar-refractivity contribution in [3.05, 3.63) is 188 Å². The quantitative estimate of drug-likeness (QED) is 0.179. The fourth-order valence-electron chi connectivity index (χ4n) is 6.02. The first kappa shape index (κ1) is 29.0. The Hall–Kier alpha value is -6.45. The maximum atomic E-state index is 5.08. The van der Waals surface area contributed by atoms with Crippen molar-refractivity contribution < 1.29 is 0 Å². The normalized spacial score (nSPS) is 10.9. The number of hydrogen-bond donors (Lipinski definition) is 0. The Kier molecular flexibility index (Phi) is 7.92. The highest BCUT2D eigenvalue weighted by molar-refractivity contribution is 5.77. The monoisotopic (exact) mass is 613 g/mol. The molecule has 0 aliphatic rings. The largest absolute Gasteiger partial charge is 0.208 e. The van der Waals surface area contributed by atoms with Crippen LogP contribution in [0.4, 0.5) is 0 Å². The summed E-state index contributed by atoms with van der Waals surface area (Å²) < 4.78 is 0. The van der Waals surface area contributed by atoms with Crippen molar-refractivity contribution in [1.29, 1.82) is 0 Å². The lowest BCUT2D eigenvalue weighted by Crippen LogP contribution is -2.00. The Morgan fingerprint density at radius 1 is 0.188 bits per heavy atom. The SMILES string of the molecule is c1ccc(-c2ccc(-c3nc(-c4cccc(-c5ccccc5)c4)nc(-c4cccc(-c5cccc(-c6ccccc6)c5)c4)n3)cc2)cc1. The molecule has 1 heterocycles. The van der Waals surface area contributed by atoms with Crippen molar-refractivity contribution in [1.82, 2.24) is 15.0 Å². The number of benzene rings is 7. The van der Waals surface area contributed by atoms with E-state index < -0.39 is 0 Å². The molecule has 8 rings (SSSR count). The third kappa shape index (κ3) is 6.18. The second-order valence-electron chi connectivity index (χ2n) is 11.7. The van der Waals surface area contributed by atoms with Gasteiger partial charge in [0, 0.05) is 16.7 Å². The zero-order valence-corrected chi connectivity index (χ0v) is 26.2. The predicted octanol–water partition coefficient (Wildman–Crippen LogP) is 11.5. The minimum Gasteiger partial charge on any atom is -0.208 e. The van der Waals surface area contributed by atoms with E-state index in [2.05, 4.69) is 170 Å². The third-order valence-electron chi connectivity index (χ3n) is 8.54. The fraction of sp³-hybridized carbons (Fsp3) is 0. The molecule has 8 aromatic rings. The number of aromatic nitrogens is 3. The van der Waals surface area contributed by atoms with Crippen LogP contribution >= 0.6 is 0 Å². The zero-order chi connectivity index (χ0) is 32.1. The molecule has 3 nitrogen and oxygen atoms in total. The lowest BCUT2D eigenvalue weighted by molar-refractivity contribution is 1.07. The molecule has 0 spiro atoms. The van der Waals surface area contributed by atoms with Crippen LogP contribution < -0.4 is 0 Å². The molecular weight excluding hydrogens is 583 g/mol. The smallest absolute Gasteiger partial charge is 0.164 e. The van der Waals surface area contributed by atoms with Gasteiger partial charge in [-0.25, -0.2) is 15.0 Å². The van der Waals surface area contributed by atoms with E-state index in [0.29, 0.717) is 17.5 Å². The summed E-state index contributed by atoms with van der Waals surface area (Å²) in [5.74, 6) is 1.90. The molecule has 1 aromatic heterocycles. The van der Waals surface area contributed by atoms with Crippen molar-refractivity contribution in [2.24, 2.45) is 0 Å². The predicted molar refractivity (Wildman–Crippen MR) is 198 cm³/mol. The van der Waals surface area contributed by atoms with Gasteiger partial charge in [-0.2, -0.15) is 0 Å². The Morgan fingerprint density at radius 3 is 0.854 bits per heavy atom. The van der Waals surface area contributed by atoms with Crippen LogP contribution in [0, 0.1) is 0 Å². The summed E-state index contributed by atoms with van der Waals surface area (Å²) in [6, 6.07) is 65.2. The number of nitrogens with zero attached hydrogens (tertiary/aromatic N) is 3. The molecule has 7 aromatic carbocycles. The van der Waals surface area contributed by atoms with Gasteiger partial charge in [-0.3, -0.25) is 0 Å². The highest BCUT2D eigenvalue weighted by atomic mass is 15.0. The van der Waals surface area contributed by atoms with Gasteiger partial charge in [-0.05, 0) is 62.7 Å². The Labute approximate surface area is 280 Å². The molecule has 0 saturated heterocycles. The van der Waals surface area contributed by atoms with Crippen molar-refractivity contribution in [3.8, 4) is 78.7 Å². The van der Waals surface area contributed by atoms with Gasteiger partial charge in [0.05, 0.1) is 0 Å². The van der Waals surface area contributed by atoms with Gasteiger partial charge in [0.15, 0.2) is 17.5 Å². The first-order valence-electron chi connectivity index (χ1n) is 16.1. The van der Waals surface area contributed by atoms with Crippen LogP contribution in [-0.2, 0) is 0 Å². The van der Waals surface area contributed by atoms with Crippen LogP contribution in [0.2, 0.25) is 0 Å². The Balaban J connectivity index is 1.22. The summed E-state index contributed by atoms with van der Waals surface area (Å²) in [6.07, 6.45) is 0. The standard InChI is InChI=1S/C45H31N3/c1-4-13-32(14-5-1)35-25-27-36(28-26-35)43-46-44(41-23-11-20-38(30-41)34-17-8-3-9-18-34)48-45(47-43)42-24-12-22-40(31-42)39-21-10-19-37(29-39)33-15-6-2-7-16-33/h1-31H. The van der Waals surface area contributed by atoms with Crippen LogP contribution in [0.5, 0.6) is 0 Å². The molecule has 0 atom stereocenters. The Morgan fingerprint density at radius 2 is 0.438 bits per heavy atom. The molecule has 0 amide bonds. The zero-order valence-electron chi connectivity index (χ0n) is 26.2. The van der Waals surface area contributed by atoms with E-state index in [1.165, 1.54) is 16.7 Å². The molecule has 48 heavy (non-hydrogen) atoms. The maximum absolute atomic E-state index is 5.08. The molecule has 0 aliphatic carbocycles. The molecule has 0 unspecified atom stereocenters. The lowest BCUT2D eigenvalue weighted by atomic mass is 9.98. The molecule has 0 aliphatic heterocycles. The second kappa shape index (κ2) is 13.1. The lowest BCUT2D eigenvalue weighted by Gasteiger charge is -2.11. The summed E-state index contributed by atoms with van der Waals surface area (Å²) in [6.45, 7) is 0. The van der Waals surface area contributed by atoms with Gasteiger partial charge < -0.3 is 0 Å². The van der Waals surface area contributed by atoms with E-state index in [9.17, 15) is 0 Å². The average Bonchev–Trinajstić information content (AvgIpc) is 3.19. The van der Waals surface area contributed by atoms with E-state index in [-0.39, 0.29) is 0 Å². The molecule has 0 saturated carbocycles. The highest BCUT2D eigenvalue weighted by Gasteiger charge is 2.14. The van der Waals surface area contributed by atoms with Gasteiger partial charge in [-0.15, -0.1) is 0 Å². The number of rotatable bonds is 7. The molecule has 0 bridgehead atoms. The molecule has 0 fully saturated rings. The fourth-order valence-corrected chi connectivity index (χ4v) is 6.02. The maximum Gasteiger partial charge on any atom is 0.164 e. The molecule has 226 valence electrons. The van der Waals surface area contributed by atoms with Gasteiger partial charge in [0.2, 0.25) is 0 Å². The molecule has 0 radical (unpaired) electrons. The summed E-state index contributed by atoms with van der Waals surface area (Å²) in [5.41, 5.74) is 12.0. The number of hydrogen-bond acceptors (Lipinski definition) is 3. The van der Waals surface area contributed by atoms with Crippen molar-refractivity contribution in [3.63, 3.8) is 0 Å². The van der Waals surface area contributed by atoms with Crippen LogP contribution in [0.15, 0.2) is 188 Å². The van der Waals surface area contributed by atoms with Crippen LogP contribution in [-0.4, -0.2) is 15.0 Å². The van der Waals surface area contributed by atoms with E-state index in [4.69, 9.17) is 15.0 Å². The highest BCUT2D eigenvalue weighted by Crippen LogP contribution is 2.32. The van der Waals surface area contributed by atoms with Crippen molar-refractivity contribution in [2.45, 2.75) is 0 Å². The first-order chi connectivity index (χ1) is 23.8. The first-order valence-corrected chi connectivity index (χ1v) is 16.1. The van der Waals surface area contributed by atoms with E-state index in [0.717, 1.165) is 44.5 Å². The van der Waals surface area contributed by atoms with Crippen molar-refractivity contribution >= 4 is 0 Å². The summed E-state index contributed by atoms with van der Waals surface area (Å²) in [5, 5.41) is 0. The summed E-state index contributed by atoms with van der Waals surface area (Å²) >= 11 is 0. The van der Waals surface area contributed by atoms with Crippen molar-refractivity contribution in [2.75, 3.05) is 0 Å². The topological polar surface area (TPSA) is 38.7 Å². The van der Waals surface area contributed by atoms with E-state index in [1.807, 2.05) is 18.2 Å². The van der Waals surface area contributed by atoms with E-state index in [1.54, 1.807) is 0 Å². The van der Waals surface area contributed by atoms with Crippen LogP contribution in [0.25, 0.3) is 78.7 Å². The Bertz CT molecular complexity index is 2310.